The summed E-state index contributed by atoms with van der Waals surface area (Å²) in [6.07, 6.45) is 1.55. The van der Waals surface area contributed by atoms with Gasteiger partial charge in [-0.05, 0) is 49.7 Å². The fourth-order valence-electron chi connectivity index (χ4n) is 2.99. The van der Waals surface area contributed by atoms with E-state index in [1.807, 2.05) is 19.9 Å². The average molecular weight is 442 g/mol. The van der Waals surface area contributed by atoms with Gasteiger partial charge in [-0.2, -0.15) is 0 Å². The van der Waals surface area contributed by atoms with E-state index in [0.717, 1.165) is 10.4 Å². The van der Waals surface area contributed by atoms with Crippen molar-refractivity contribution in [2.45, 2.75) is 25.5 Å². The Hall–Kier alpha value is -3.04. The first-order valence-electron chi connectivity index (χ1n) is 9.16. The monoisotopic (exact) mass is 441 g/mol. The Bertz CT molecular complexity index is 1280. The van der Waals surface area contributed by atoms with Gasteiger partial charge in [-0.15, -0.1) is 11.3 Å². The van der Waals surface area contributed by atoms with Crippen molar-refractivity contribution in [2.24, 2.45) is 0 Å². The Morgan fingerprint density at radius 2 is 2.13 bits per heavy atom. The fourth-order valence-corrected chi connectivity index (χ4v) is 4.71. The summed E-state index contributed by atoms with van der Waals surface area (Å²) in [4.78, 5) is 31.8. The number of carbonyl (C=O) groups excluding carboxylic acids is 1. The molecular formula is C21H19N3O4S2. The molecule has 0 aliphatic heterocycles. The lowest BCUT2D eigenvalue weighted by molar-refractivity contribution is -0.113. The molecule has 4 rings (SSSR count). The van der Waals surface area contributed by atoms with E-state index in [9.17, 15) is 14.7 Å². The van der Waals surface area contributed by atoms with Crippen LogP contribution in [0.25, 0.3) is 10.2 Å². The predicted molar refractivity (Wildman–Crippen MR) is 119 cm³/mol. The maximum atomic E-state index is 13.0. The summed E-state index contributed by atoms with van der Waals surface area (Å²) in [6, 6.07) is 10.4. The molecule has 0 spiro atoms. The third kappa shape index (κ3) is 4.27. The molecular weight excluding hydrogens is 422 g/mol. The van der Waals surface area contributed by atoms with Crippen molar-refractivity contribution in [1.29, 1.82) is 0 Å². The second-order valence-corrected chi connectivity index (χ2v) is 8.98. The lowest BCUT2D eigenvalue weighted by Crippen LogP contribution is -2.24. The lowest BCUT2D eigenvalue weighted by atomic mass is 10.2. The zero-order valence-corrected chi connectivity index (χ0v) is 18.0. The van der Waals surface area contributed by atoms with E-state index < -0.39 is 0 Å². The summed E-state index contributed by atoms with van der Waals surface area (Å²) in [5.74, 6) is 0.360. The average Bonchev–Trinajstić information content (AvgIpc) is 3.35. The van der Waals surface area contributed by atoms with E-state index in [4.69, 9.17) is 4.42 Å². The normalized spacial score (nSPS) is 11.1. The molecule has 0 atom stereocenters. The number of hydrogen-bond donors (Lipinski definition) is 2. The number of nitrogens with zero attached hydrogens (tertiary/aromatic N) is 2. The van der Waals surface area contributed by atoms with E-state index in [-0.39, 0.29) is 29.5 Å². The lowest BCUT2D eigenvalue weighted by Gasteiger charge is -2.11. The van der Waals surface area contributed by atoms with Crippen LogP contribution < -0.4 is 10.9 Å². The fraction of sp³-hybridized carbons (Fsp3) is 0.190. The number of phenols is 1. The third-order valence-corrected chi connectivity index (χ3v) is 6.31. The molecule has 0 aliphatic carbocycles. The van der Waals surface area contributed by atoms with Crippen molar-refractivity contribution in [3.63, 3.8) is 0 Å². The first-order valence-corrected chi connectivity index (χ1v) is 11.0. The molecule has 0 bridgehead atoms. The van der Waals surface area contributed by atoms with Crippen LogP contribution in [0.3, 0.4) is 0 Å². The summed E-state index contributed by atoms with van der Waals surface area (Å²) in [6.45, 7) is 4.03. The molecule has 3 heterocycles. The standard InChI is InChI=1S/C21H19N3O4S2/c1-12-5-6-17(25)16(8-12)22-18(26)11-29-21-23-19-15(9-13(2)30-19)20(27)24(21)10-14-4-3-7-28-14/h3-9,25H,10-11H2,1-2H3,(H,22,26). The van der Waals surface area contributed by atoms with Gasteiger partial charge < -0.3 is 14.8 Å². The van der Waals surface area contributed by atoms with Gasteiger partial charge in [0, 0.05) is 4.88 Å². The first kappa shape index (κ1) is 20.2. The third-order valence-electron chi connectivity index (χ3n) is 4.39. The molecule has 2 N–H and O–H groups in total. The summed E-state index contributed by atoms with van der Waals surface area (Å²) in [7, 11) is 0. The molecule has 0 radical (unpaired) electrons. The number of thioether (sulfide) groups is 1. The highest BCUT2D eigenvalue weighted by molar-refractivity contribution is 7.99. The summed E-state index contributed by atoms with van der Waals surface area (Å²) in [5, 5.41) is 13.6. The molecule has 0 unspecified atom stereocenters. The molecule has 1 amide bonds. The maximum Gasteiger partial charge on any atom is 0.263 e. The molecule has 154 valence electrons. The minimum atomic E-state index is -0.304. The van der Waals surface area contributed by atoms with Gasteiger partial charge in [-0.3, -0.25) is 14.2 Å². The van der Waals surface area contributed by atoms with Crippen molar-refractivity contribution < 1.29 is 14.3 Å². The van der Waals surface area contributed by atoms with Gasteiger partial charge in [0.2, 0.25) is 5.91 Å². The van der Waals surface area contributed by atoms with Gasteiger partial charge in [0.25, 0.3) is 5.56 Å². The van der Waals surface area contributed by atoms with Crippen molar-refractivity contribution in [2.75, 3.05) is 11.1 Å². The van der Waals surface area contributed by atoms with Crippen LogP contribution in [-0.4, -0.2) is 26.3 Å². The number of aryl methyl sites for hydroxylation is 2. The zero-order valence-electron chi connectivity index (χ0n) is 16.3. The van der Waals surface area contributed by atoms with Crippen molar-refractivity contribution >= 4 is 44.9 Å². The highest BCUT2D eigenvalue weighted by Crippen LogP contribution is 2.26. The Labute approximate surface area is 180 Å². The quantitative estimate of drug-likeness (QED) is 0.265. The molecule has 9 heteroatoms. The molecule has 4 aromatic rings. The molecule has 0 saturated carbocycles. The first-order chi connectivity index (χ1) is 14.4. The van der Waals surface area contributed by atoms with E-state index in [0.29, 0.717) is 26.8 Å². The molecule has 0 saturated heterocycles. The van der Waals surface area contributed by atoms with Crippen LogP contribution in [-0.2, 0) is 11.3 Å². The largest absolute Gasteiger partial charge is 0.506 e. The van der Waals surface area contributed by atoms with Gasteiger partial charge in [-0.1, -0.05) is 17.8 Å². The summed E-state index contributed by atoms with van der Waals surface area (Å²) >= 11 is 2.61. The Morgan fingerprint density at radius 1 is 1.30 bits per heavy atom. The summed E-state index contributed by atoms with van der Waals surface area (Å²) < 4.78 is 6.92. The maximum absolute atomic E-state index is 13.0. The molecule has 1 aromatic carbocycles. The Balaban J connectivity index is 1.60. The van der Waals surface area contributed by atoms with E-state index >= 15 is 0 Å². The van der Waals surface area contributed by atoms with Crippen molar-refractivity contribution in [3.8, 4) is 5.75 Å². The van der Waals surface area contributed by atoms with Crippen LogP contribution in [0.1, 0.15) is 16.2 Å². The molecule has 0 fully saturated rings. The van der Waals surface area contributed by atoms with Gasteiger partial charge in [-0.25, -0.2) is 4.98 Å². The number of rotatable bonds is 6. The van der Waals surface area contributed by atoms with E-state index in [1.165, 1.54) is 33.7 Å². The Morgan fingerprint density at radius 3 is 2.90 bits per heavy atom. The number of furan rings is 1. The number of carbonyl (C=O) groups is 1. The highest BCUT2D eigenvalue weighted by Gasteiger charge is 2.17. The zero-order chi connectivity index (χ0) is 21.3. The highest BCUT2D eigenvalue weighted by atomic mass is 32.2. The smallest absolute Gasteiger partial charge is 0.263 e. The van der Waals surface area contributed by atoms with Crippen LogP contribution in [0.5, 0.6) is 5.75 Å². The number of phenolic OH excluding ortho intramolecular Hbond substituents is 1. The van der Waals surface area contributed by atoms with Crippen LogP contribution in [0.15, 0.2) is 57.0 Å². The summed E-state index contributed by atoms with van der Waals surface area (Å²) in [5.41, 5.74) is 1.11. The van der Waals surface area contributed by atoms with Crippen LogP contribution in [0.4, 0.5) is 5.69 Å². The minimum absolute atomic E-state index is 0.00211. The molecule has 7 nitrogen and oxygen atoms in total. The Kier molecular flexibility index (Phi) is 5.65. The number of aromatic nitrogens is 2. The van der Waals surface area contributed by atoms with Gasteiger partial charge >= 0.3 is 0 Å². The molecule has 30 heavy (non-hydrogen) atoms. The second kappa shape index (κ2) is 8.37. The number of benzene rings is 1. The predicted octanol–water partition coefficient (Wildman–Crippen LogP) is 4.15. The number of anilines is 1. The minimum Gasteiger partial charge on any atom is -0.506 e. The van der Waals surface area contributed by atoms with Crippen molar-refractivity contribution in [1.82, 2.24) is 9.55 Å². The number of amides is 1. The second-order valence-electron chi connectivity index (χ2n) is 6.80. The van der Waals surface area contributed by atoms with Gasteiger partial charge in [0.15, 0.2) is 5.16 Å². The number of hydrogen-bond acceptors (Lipinski definition) is 7. The van der Waals surface area contributed by atoms with E-state index in [1.54, 1.807) is 30.5 Å². The number of fused-ring (bicyclic) bond motifs is 1. The molecule has 3 aromatic heterocycles. The van der Waals surface area contributed by atoms with Crippen LogP contribution in [0.2, 0.25) is 0 Å². The number of aromatic hydroxyl groups is 1. The van der Waals surface area contributed by atoms with Gasteiger partial charge in [0.1, 0.15) is 16.3 Å². The molecule has 0 aliphatic rings. The SMILES string of the molecule is Cc1ccc(O)c(NC(=O)CSc2nc3sc(C)cc3c(=O)n2Cc2ccco2)c1. The van der Waals surface area contributed by atoms with Crippen molar-refractivity contribution in [3.05, 3.63) is 69.2 Å². The van der Waals surface area contributed by atoms with E-state index in [2.05, 4.69) is 10.3 Å². The van der Waals surface area contributed by atoms with Gasteiger partial charge in [0.05, 0.1) is 29.6 Å². The number of thiophene rings is 1. The van der Waals surface area contributed by atoms with Crippen LogP contribution in [0, 0.1) is 13.8 Å². The topological polar surface area (TPSA) is 97.4 Å². The van der Waals surface area contributed by atoms with Crippen LogP contribution >= 0.6 is 23.1 Å². The number of nitrogens with one attached hydrogen (secondary N) is 1.